The molecule has 0 N–H and O–H groups in total. The van der Waals surface area contributed by atoms with Gasteiger partial charge in [0.15, 0.2) is 0 Å². The summed E-state index contributed by atoms with van der Waals surface area (Å²) in [5, 5.41) is 8.98. The highest BCUT2D eigenvalue weighted by Gasteiger charge is 2.43. The smallest absolute Gasteiger partial charge is 0.136 e. The predicted octanol–water partition coefficient (Wildman–Crippen LogP) is 2.47. The van der Waals surface area contributed by atoms with Crippen LogP contribution in [0.1, 0.15) is 19.3 Å². The van der Waals surface area contributed by atoms with Gasteiger partial charge in [-0.3, -0.25) is 4.79 Å². The third-order valence-corrected chi connectivity index (χ3v) is 2.95. The lowest BCUT2D eigenvalue weighted by Crippen LogP contribution is -2.37. The molecule has 1 aliphatic carbocycles. The fourth-order valence-corrected chi connectivity index (χ4v) is 1.94. The molecule has 0 heterocycles. The molecule has 17 heavy (non-hydrogen) atoms. The summed E-state index contributed by atoms with van der Waals surface area (Å²) < 4.78 is 18.2. The first-order valence-electron chi connectivity index (χ1n) is 5.45. The fraction of sp³-hybridized carbons (Fsp3) is 0.385. The normalized spacial score (nSPS) is 17.1. The molecule has 1 aromatic carbocycles. The molecule has 0 aliphatic heterocycles. The van der Waals surface area contributed by atoms with Crippen LogP contribution in [0, 0.1) is 22.6 Å². The van der Waals surface area contributed by atoms with Crippen LogP contribution in [0.3, 0.4) is 0 Å². The maximum absolute atomic E-state index is 12.8. The SMILES string of the molecule is N#CC1(CCOc2cccc(F)c2)CC(=O)C1. The maximum atomic E-state index is 12.8. The number of Topliss-reactive ketones (excluding diaryl/α,β-unsaturated/α-hetero) is 1. The number of carbonyl (C=O) groups is 1. The van der Waals surface area contributed by atoms with Crippen molar-refractivity contribution < 1.29 is 13.9 Å². The van der Waals surface area contributed by atoms with E-state index >= 15 is 0 Å². The molecule has 1 fully saturated rings. The Bertz CT molecular complexity index is 471. The van der Waals surface area contributed by atoms with Crippen molar-refractivity contribution in [3.63, 3.8) is 0 Å². The van der Waals surface area contributed by atoms with E-state index < -0.39 is 5.41 Å². The third-order valence-electron chi connectivity index (χ3n) is 2.95. The number of hydrogen-bond donors (Lipinski definition) is 0. The zero-order valence-electron chi connectivity index (χ0n) is 9.28. The van der Waals surface area contributed by atoms with Gasteiger partial charge in [-0.2, -0.15) is 5.26 Å². The number of halogens is 1. The Balaban J connectivity index is 1.84. The van der Waals surface area contributed by atoms with Crippen LogP contribution in [0.4, 0.5) is 4.39 Å². The van der Waals surface area contributed by atoms with Gasteiger partial charge in [-0.1, -0.05) is 6.07 Å². The van der Waals surface area contributed by atoms with Gasteiger partial charge in [0.25, 0.3) is 0 Å². The Morgan fingerprint density at radius 2 is 2.24 bits per heavy atom. The van der Waals surface area contributed by atoms with Crippen LogP contribution >= 0.6 is 0 Å². The molecule has 0 atom stereocenters. The first-order valence-corrected chi connectivity index (χ1v) is 5.45. The average Bonchev–Trinajstić information content (AvgIpc) is 2.26. The molecule has 2 rings (SSSR count). The zero-order chi connectivity index (χ0) is 12.3. The molecule has 0 aromatic heterocycles. The summed E-state index contributed by atoms with van der Waals surface area (Å²) in [5.41, 5.74) is -0.551. The molecule has 0 radical (unpaired) electrons. The van der Waals surface area contributed by atoms with Gasteiger partial charge in [0.1, 0.15) is 17.3 Å². The van der Waals surface area contributed by atoms with Crippen molar-refractivity contribution in [2.45, 2.75) is 19.3 Å². The van der Waals surface area contributed by atoms with Crippen LogP contribution in [0.25, 0.3) is 0 Å². The molecule has 3 nitrogen and oxygen atoms in total. The molecule has 1 aliphatic rings. The molecule has 0 bridgehead atoms. The lowest BCUT2D eigenvalue weighted by atomic mass is 9.67. The lowest BCUT2D eigenvalue weighted by molar-refractivity contribution is -0.130. The van der Waals surface area contributed by atoms with Gasteiger partial charge < -0.3 is 4.74 Å². The van der Waals surface area contributed by atoms with Crippen molar-refractivity contribution in [1.82, 2.24) is 0 Å². The quantitative estimate of drug-likeness (QED) is 0.802. The number of rotatable bonds is 4. The third kappa shape index (κ3) is 2.62. The van der Waals surface area contributed by atoms with E-state index in [1.807, 2.05) is 0 Å². The fourth-order valence-electron chi connectivity index (χ4n) is 1.94. The second-order valence-electron chi connectivity index (χ2n) is 4.34. The first-order chi connectivity index (χ1) is 8.13. The van der Waals surface area contributed by atoms with Crippen LogP contribution in [0.2, 0.25) is 0 Å². The summed E-state index contributed by atoms with van der Waals surface area (Å²) in [4.78, 5) is 10.9. The largest absolute Gasteiger partial charge is 0.493 e. The summed E-state index contributed by atoms with van der Waals surface area (Å²) >= 11 is 0. The minimum absolute atomic E-state index is 0.123. The number of benzene rings is 1. The molecule has 1 saturated carbocycles. The molecular formula is C13H12FNO2. The monoisotopic (exact) mass is 233 g/mol. The van der Waals surface area contributed by atoms with Gasteiger partial charge in [0.2, 0.25) is 0 Å². The number of hydrogen-bond acceptors (Lipinski definition) is 3. The Hall–Kier alpha value is -1.89. The first kappa shape index (κ1) is 11.6. The van der Waals surface area contributed by atoms with E-state index in [2.05, 4.69) is 6.07 Å². The molecule has 0 spiro atoms. The van der Waals surface area contributed by atoms with Crippen LogP contribution in [-0.2, 0) is 4.79 Å². The summed E-state index contributed by atoms with van der Waals surface area (Å²) in [7, 11) is 0. The second kappa shape index (κ2) is 4.54. The Labute approximate surface area is 98.8 Å². The van der Waals surface area contributed by atoms with E-state index in [-0.39, 0.29) is 11.6 Å². The zero-order valence-corrected chi connectivity index (χ0v) is 9.28. The van der Waals surface area contributed by atoms with Crippen molar-refractivity contribution in [3.05, 3.63) is 30.1 Å². The molecule has 0 amide bonds. The highest BCUT2D eigenvalue weighted by molar-refractivity contribution is 5.87. The standard InChI is InChI=1S/C13H12FNO2/c14-10-2-1-3-12(6-10)17-5-4-13(9-15)7-11(16)8-13/h1-3,6H,4-5,7-8H2. The van der Waals surface area contributed by atoms with Crippen molar-refractivity contribution in [3.8, 4) is 11.8 Å². The Morgan fingerprint density at radius 1 is 1.47 bits per heavy atom. The summed E-state index contributed by atoms with van der Waals surface area (Å²) in [6.07, 6.45) is 1.14. The molecule has 0 unspecified atom stereocenters. The second-order valence-corrected chi connectivity index (χ2v) is 4.34. The maximum Gasteiger partial charge on any atom is 0.136 e. The number of ether oxygens (including phenoxy) is 1. The summed E-state index contributed by atoms with van der Waals surface area (Å²) in [6.45, 7) is 0.324. The van der Waals surface area contributed by atoms with E-state index in [1.165, 1.54) is 12.1 Å². The molecular weight excluding hydrogens is 221 g/mol. The topological polar surface area (TPSA) is 50.1 Å². The van der Waals surface area contributed by atoms with E-state index in [0.29, 0.717) is 31.6 Å². The number of nitrogens with zero attached hydrogens (tertiary/aromatic N) is 1. The number of ketones is 1. The van der Waals surface area contributed by atoms with Gasteiger partial charge in [-0.05, 0) is 12.1 Å². The summed E-state index contributed by atoms with van der Waals surface area (Å²) in [5.74, 6) is 0.220. The van der Waals surface area contributed by atoms with Crippen molar-refractivity contribution in [2.75, 3.05) is 6.61 Å². The van der Waals surface area contributed by atoms with Crippen LogP contribution in [0.5, 0.6) is 5.75 Å². The molecule has 0 saturated heterocycles. The average molecular weight is 233 g/mol. The Morgan fingerprint density at radius 3 is 2.82 bits per heavy atom. The molecule has 88 valence electrons. The van der Waals surface area contributed by atoms with E-state index in [4.69, 9.17) is 10.00 Å². The van der Waals surface area contributed by atoms with Crippen molar-refractivity contribution >= 4 is 5.78 Å². The van der Waals surface area contributed by atoms with Crippen LogP contribution in [0.15, 0.2) is 24.3 Å². The van der Waals surface area contributed by atoms with Crippen LogP contribution < -0.4 is 4.74 Å². The van der Waals surface area contributed by atoms with Crippen molar-refractivity contribution in [2.24, 2.45) is 5.41 Å². The Kier molecular flexibility index (Phi) is 3.10. The van der Waals surface area contributed by atoms with Crippen molar-refractivity contribution in [1.29, 1.82) is 5.26 Å². The highest BCUT2D eigenvalue weighted by Crippen LogP contribution is 2.40. The van der Waals surface area contributed by atoms with E-state index in [0.717, 1.165) is 0 Å². The summed E-state index contributed by atoms with van der Waals surface area (Å²) in [6, 6.07) is 8.03. The van der Waals surface area contributed by atoms with Gasteiger partial charge in [0, 0.05) is 25.3 Å². The number of carbonyl (C=O) groups excluding carboxylic acids is 1. The number of nitriles is 1. The minimum atomic E-state index is -0.551. The molecule has 1 aromatic rings. The van der Waals surface area contributed by atoms with E-state index in [1.54, 1.807) is 12.1 Å². The minimum Gasteiger partial charge on any atom is -0.493 e. The van der Waals surface area contributed by atoms with Gasteiger partial charge in [0.05, 0.1) is 18.1 Å². The van der Waals surface area contributed by atoms with Gasteiger partial charge in [-0.15, -0.1) is 0 Å². The van der Waals surface area contributed by atoms with E-state index in [9.17, 15) is 9.18 Å². The molecule has 4 heteroatoms. The van der Waals surface area contributed by atoms with Gasteiger partial charge >= 0.3 is 0 Å². The van der Waals surface area contributed by atoms with Gasteiger partial charge in [-0.25, -0.2) is 4.39 Å². The lowest BCUT2D eigenvalue weighted by Gasteiger charge is -2.33. The highest BCUT2D eigenvalue weighted by atomic mass is 19.1. The van der Waals surface area contributed by atoms with Crippen LogP contribution in [-0.4, -0.2) is 12.4 Å². The predicted molar refractivity (Wildman–Crippen MR) is 58.8 cm³/mol.